The first kappa shape index (κ1) is 18.3. The molecule has 0 unspecified atom stereocenters. The van der Waals surface area contributed by atoms with Gasteiger partial charge >= 0.3 is 0 Å². The SMILES string of the molecule is C=CCn1c(SCc2ccc(F)cc2)nnc1-c1cc2cccc(OC)c2o1. The van der Waals surface area contributed by atoms with Gasteiger partial charge in [-0.3, -0.25) is 4.57 Å². The van der Waals surface area contributed by atoms with E-state index in [9.17, 15) is 4.39 Å². The molecule has 0 aliphatic carbocycles. The topological polar surface area (TPSA) is 53.1 Å². The number of benzene rings is 2. The molecule has 0 spiro atoms. The molecule has 0 bridgehead atoms. The van der Waals surface area contributed by atoms with E-state index in [2.05, 4.69) is 16.8 Å². The van der Waals surface area contributed by atoms with Crippen LogP contribution in [0.1, 0.15) is 5.56 Å². The fourth-order valence-corrected chi connectivity index (χ4v) is 3.81. The highest BCUT2D eigenvalue weighted by molar-refractivity contribution is 7.98. The number of ether oxygens (including phenoxy) is 1. The molecule has 0 aliphatic heterocycles. The van der Waals surface area contributed by atoms with Crippen LogP contribution in [0.15, 0.2) is 70.8 Å². The van der Waals surface area contributed by atoms with E-state index in [0.717, 1.165) is 16.1 Å². The maximum atomic E-state index is 13.1. The molecular formula is C21H18FN3O2S. The summed E-state index contributed by atoms with van der Waals surface area (Å²) < 4.78 is 26.4. The number of hydrogen-bond donors (Lipinski definition) is 0. The molecule has 0 radical (unpaired) electrons. The minimum absolute atomic E-state index is 0.244. The Morgan fingerprint density at radius 3 is 2.79 bits per heavy atom. The molecule has 2 aromatic heterocycles. The summed E-state index contributed by atoms with van der Waals surface area (Å²) in [6.07, 6.45) is 1.79. The zero-order chi connectivity index (χ0) is 19.5. The lowest BCUT2D eigenvalue weighted by molar-refractivity contribution is 0.410. The van der Waals surface area contributed by atoms with Gasteiger partial charge in [-0.05, 0) is 29.8 Å². The monoisotopic (exact) mass is 395 g/mol. The average Bonchev–Trinajstić information content (AvgIpc) is 3.31. The number of thioether (sulfide) groups is 1. The lowest BCUT2D eigenvalue weighted by atomic mass is 10.2. The number of hydrogen-bond acceptors (Lipinski definition) is 5. The van der Waals surface area contributed by atoms with Crippen molar-refractivity contribution in [1.82, 2.24) is 14.8 Å². The Balaban J connectivity index is 1.66. The summed E-state index contributed by atoms with van der Waals surface area (Å²) in [6, 6.07) is 14.1. The van der Waals surface area contributed by atoms with Crippen molar-refractivity contribution < 1.29 is 13.5 Å². The average molecular weight is 395 g/mol. The Labute approximate surface area is 165 Å². The van der Waals surface area contributed by atoms with Crippen LogP contribution in [-0.2, 0) is 12.3 Å². The molecule has 0 aliphatic rings. The van der Waals surface area contributed by atoms with E-state index in [1.807, 2.05) is 28.8 Å². The van der Waals surface area contributed by atoms with Crippen LogP contribution in [0.5, 0.6) is 5.75 Å². The molecule has 2 heterocycles. The molecule has 28 heavy (non-hydrogen) atoms. The maximum absolute atomic E-state index is 13.1. The molecule has 2 aromatic carbocycles. The summed E-state index contributed by atoms with van der Waals surface area (Å²) in [5, 5.41) is 10.3. The van der Waals surface area contributed by atoms with Crippen molar-refractivity contribution in [2.75, 3.05) is 7.11 Å². The van der Waals surface area contributed by atoms with Gasteiger partial charge in [0.1, 0.15) is 5.82 Å². The van der Waals surface area contributed by atoms with Crippen LogP contribution in [-0.4, -0.2) is 21.9 Å². The van der Waals surface area contributed by atoms with E-state index >= 15 is 0 Å². The van der Waals surface area contributed by atoms with Gasteiger partial charge in [-0.15, -0.1) is 16.8 Å². The van der Waals surface area contributed by atoms with Gasteiger partial charge in [0.15, 0.2) is 22.2 Å². The zero-order valence-electron chi connectivity index (χ0n) is 15.3. The van der Waals surface area contributed by atoms with Crippen molar-refractivity contribution in [2.45, 2.75) is 17.5 Å². The zero-order valence-corrected chi connectivity index (χ0v) is 16.1. The van der Waals surface area contributed by atoms with E-state index < -0.39 is 0 Å². The number of furan rings is 1. The highest BCUT2D eigenvalue weighted by Gasteiger charge is 2.18. The third-order valence-corrected chi connectivity index (χ3v) is 5.30. The van der Waals surface area contributed by atoms with Crippen LogP contribution in [0.4, 0.5) is 4.39 Å². The van der Waals surface area contributed by atoms with Crippen LogP contribution < -0.4 is 4.74 Å². The van der Waals surface area contributed by atoms with E-state index in [1.165, 1.54) is 23.9 Å². The Kier molecular flexibility index (Phi) is 5.16. The summed E-state index contributed by atoms with van der Waals surface area (Å²) in [4.78, 5) is 0. The lowest BCUT2D eigenvalue weighted by Gasteiger charge is -2.06. The second kappa shape index (κ2) is 7.90. The molecule has 7 heteroatoms. The summed E-state index contributed by atoms with van der Waals surface area (Å²) in [5.74, 6) is 2.32. The summed E-state index contributed by atoms with van der Waals surface area (Å²) in [7, 11) is 1.61. The van der Waals surface area contributed by atoms with Gasteiger partial charge in [-0.25, -0.2) is 4.39 Å². The van der Waals surface area contributed by atoms with Crippen molar-refractivity contribution in [1.29, 1.82) is 0 Å². The summed E-state index contributed by atoms with van der Waals surface area (Å²) in [6.45, 7) is 4.38. The Morgan fingerprint density at radius 2 is 2.04 bits per heavy atom. The number of fused-ring (bicyclic) bond motifs is 1. The molecule has 0 saturated heterocycles. The first-order chi connectivity index (χ1) is 13.7. The molecule has 0 fully saturated rings. The van der Waals surface area contributed by atoms with Crippen LogP contribution in [0, 0.1) is 5.82 Å². The Bertz CT molecular complexity index is 1120. The molecule has 0 saturated carbocycles. The Hall–Kier alpha value is -3.06. The van der Waals surface area contributed by atoms with Gasteiger partial charge in [0.2, 0.25) is 5.82 Å². The number of rotatable bonds is 7. The van der Waals surface area contributed by atoms with Gasteiger partial charge in [0, 0.05) is 17.7 Å². The van der Waals surface area contributed by atoms with E-state index in [4.69, 9.17) is 9.15 Å². The Morgan fingerprint density at radius 1 is 1.21 bits per heavy atom. The minimum Gasteiger partial charge on any atom is -0.493 e. The smallest absolute Gasteiger partial charge is 0.200 e. The first-order valence-corrected chi connectivity index (χ1v) is 9.66. The predicted molar refractivity (Wildman–Crippen MR) is 108 cm³/mol. The minimum atomic E-state index is -0.244. The number of methoxy groups -OCH3 is 1. The molecule has 0 amide bonds. The van der Waals surface area contributed by atoms with Crippen molar-refractivity contribution in [3.63, 3.8) is 0 Å². The van der Waals surface area contributed by atoms with Crippen LogP contribution in [0.2, 0.25) is 0 Å². The van der Waals surface area contributed by atoms with E-state index in [0.29, 0.717) is 35.2 Å². The van der Waals surface area contributed by atoms with Crippen LogP contribution in [0.3, 0.4) is 0 Å². The third-order valence-electron chi connectivity index (χ3n) is 4.26. The van der Waals surface area contributed by atoms with Gasteiger partial charge in [0.05, 0.1) is 7.11 Å². The molecular weight excluding hydrogens is 377 g/mol. The lowest BCUT2D eigenvalue weighted by Crippen LogP contribution is -2.00. The van der Waals surface area contributed by atoms with E-state index in [-0.39, 0.29) is 5.82 Å². The molecule has 0 atom stereocenters. The van der Waals surface area contributed by atoms with Crippen molar-refractivity contribution in [3.8, 4) is 17.3 Å². The standard InChI is InChI=1S/C21H18FN3O2S/c1-3-11-25-20(18-12-15-5-4-6-17(26-2)19(15)27-18)23-24-21(25)28-13-14-7-9-16(22)10-8-14/h3-10,12H,1,11,13H2,2H3. The second-order valence-electron chi connectivity index (χ2n) is 6.11. The third kappa shape index (κ3) is 3.53. The number of nitrogens with zero attached hydrogens (tertiary/aromatic N) is 3. The van der Waals surface area contributed by atoms with Gasteiger partial charge in [-0.1, -0.05) is 42.1 Å². The molecule has 5 nitrogen and oxygen atoms in total. The van der Waals surface area contributed by atoms with E-state index in [1.54, 1.807) is 25.3 Å². The van der Waals surface area contributed by atoms with Gasteiger partial charge in [0.25, 0.3) is 0 Å². The van der Waals surface area contributed by atoms with Crippen molar-refractivity contribution in [2.24, 2.45) is 0 Å². The van der Waals surface area contributed by atoms with Crippen LogP contribution in [0.25, 0.3) is 22.6 Å². The normalized spacial score (nSPS) is 11.1. The molecule has 4 rings (SSSR count). The summed E-state index contributed by atoms with van der Waals surface area (Å²) in [5.41, 5.74) is 1.68. The fourth-order valence-electron chi connectivity index (χ4n) is 2.91. The highest BCUT2D eigenvalue weighted by atomic mass is 32.2. The van der Waals surface area contributed by atoms with Crippen molar-refractivity contribution in [3.05, 3.63) is 72.6 Å². The largest absolute Gasteiger partial charge is 0.493 e. The number of halogens is 1. The fraction of sp³-hybridized carbons (Fsp3) is 0.143. The number of allylic oxidation sites excluding steroid dienone is 1. The van der Waals surface area contributed by atoms with Gasteiger partial charge < -0.3 is 9.15 Å². The maximum Gasteiger partial charge on any atom is 0.200 e. The number of para-hydroxylation sites is 1. The first-order valence-electron chi connectivity index (χ1n) is 8.68. The molecule has 4 aromatic rings. The quantitative estimate of drug-likeness (QED) is 0.313. The second-order valence-corrected chi connectivity index (χ2v) is 7.05. The predicted octanol–water partition coefficient (Wildman–Crippen LogP) is 5.32. The number of aromatic nitrogens is 3. The molecule has 142 valence electrons. The molecule has 0 N–H and O–H groups in total. The van der Waals surface area contributed by atoms with Gasteiger partial charge in [-0.2, -0.15) is 0 Å². The van der Waals surface area contributed by atoms with Crippen LogP contribution >= 0.6 is 11.8 Å². The highest BCUT2D eigenvalue weighted by Crippen LogP contribution is 2.34. The van der Waals surface area contributed by atoms with Crippen molar-refractivity contribution >= 4 is 22.7 Å². The summed E-state index contributed by atoms with van der Waals surface area (Å²) >= 11 is 1.53.